The van der Waals surface area contributed by atoms with Crippen LogP contribution >= 0.6 is 0 Å². The third-order valence-electron chi connectivity index (χ3n) is 4.82. The smallest absolute Gasteiger partial charge is 0.223 e. The summed E-state index contributed by atoms with van der Waals surface area (Å²) < 4.78 is 27.9. The molecule has 1 aromatic rings. The van der Waals surface area contributed by atoms with E-state index in [-0.39, 0.29) is 24.1 Å². The van der Waals surface area contributed by atoms with Crippen LogP contribution in [0.1, 0.15) is 63.4 Å². The molecule has 0 heterocycles. The first-order valence-electron chi connectivity index (χ1n) is 9.06. The summed E-state index contributed by atoms with van der Waals surface area (Å²) in [7, 11) is 0. The third-order valence-corrected chi connectivity index (χ3v) is 4.82. The fourth-order valence-corrected chi connectivity index (χ4v) is 3.41. The van der Waals surface area contributed by atoms with Crippen LogP contribution in [0.5, 0.6) is 0 Å². The highest BCUT2D eigenvalue weighted by molar-refractivity contribution is 5.76. The summed E-state index contributed by atoms with van der Waals surface area (Å²) in [5.74, 6) is -1.14. The molecule has 0 spiro atoms. The predicted octanol–water partition coefficient (Wildman–Crippen LogP) is 4.15. The van der Waals surface area contributed by atoms with E-state index in [0.29, 0.717) is 13.0 Å². The predicted molar refractivity (Wildman–Crippen MR) is 91.3 cm³/mol. The van der Waals surface area contributed by atoms with Crippen LogP contribution in [0.15, 0.2) is 18.2 Å². The number of benzene rings is 1. The molecular formula is C19H28F2N2O. The quantitative estimate of drug-likeness (QED) is 0.688. The van der Waals surface area contributed by atoms with Gasteiger partial charge in [-0.1, -0.05) is 31.7 Å². The Morgan fingerprint density at radius 1 is 1.08 bits per heavy atom. The molecule has 24 heavy (non-hydrogen) atoms. The van der Waals surface area contributed by atoms with Gasteiger partial charge in [0.1, 0.15) is 11.6 Å². The molecule has 1 aliphatic carbocycles. The van der Waals surface area contributed by atoms with E-state index >= 15 is 0 Å². The highest BCUT2D eigenvalue weighted by Crippen LogP contribution is 2.27. The second-order valence-electron chi connectivity index (χ2n) is 6.61. The zero-order chi connectivity index (χ0) is 17.4. The van der Waals surface area contributed by atoms with E-state index < -0.39 is 11.6 Å². The number of nitrogens with two attached hydrogens (primary N) is 1. The zero-order valence-electron chi connectivity index (χ0n) is 14.3. The minimum atomic E-state index is -0.575. The molecule has 0 saturated heterocycles. The maximum Gasteiger partial charge on any atom is 0.223 e. The summed E-state index contributed by atoms with van der Waals surface area (Å²) in [6.45, 7) is 0.708. The number of hydrogen-bond acceptors (Lipinski definition) is 2. The van der Waals surface area contributed by atoms with Crippen molar-refractivity contribution in [1.29, 1.82) is 0 Å². The first-order chi connectivity index (χ1) is 11.6. The molecule has 0 unspecified atom stereocenters. The van der Waals surface area contributed by atoms with Gasteiger partial charge in [0.25, 0.3) is 0 Å². The summed E-state index contributed by atoms with van der Waals surface area (Å²) in [5.41, 5.74) is 5.47. The van der Waals surface area contributed by atoms with E-state index in [1.165, 1.54) is 18.2 Å². The van der Waals surface area contributed by atoms with Gasteiger partial charge in [0, 0.05) is 18.0 Å². The van der Waals surface area contributed by atoms with Gasteiger partial charge in [-0.2, -0.15) is 0 Å². The molecule has 1 aromatic carbocycles. The molecule has 0 atom stereocenters. The van der Waals surface area contributed by atoms with Crippen molar-refractivity contribution < 1.29 is 13.6 Å². The van der Waals surface area contributed by atoms with Crippen LogP contribution in [-0.4, -0.2) is 23.4 Å². The molecular weight excluding hydrogens is 310 g/mol. The normalized spacial score (nSPS) is 15.0. The van der Waals surface area contributed by atoms with Crippen LogP contribution in [0, 0.1) is 11.6 Å². The van der Waals surface area contributed by atoms with Crippen molar-refractivity contribution in [2.24, 2.45) is 5.73 Å². The van der Waals surface area contributed by atoms with Crippen LogP contribution in [0.25, 0.3) is 0 Å². The number of rotatable bonds is 9. The Bertz CT molecular complexity index is 510. The van der Waals surface area contributed by atoms with E-state index in [4.69, 9.17) is 5.73 Å². The van der Waals surface area contributed by atoms with Gasteiger partial charge in [0.15, 0.2) is 0 Å². The second-order valence-corrected chi connectivity index (χ2v) is 6.61. The summed E-state index contributed by atoms with van der Waals surface area (Å²) in [5, 5.41) is 0. The first kappa shape index (κ1) is 18.8. The lowest BCUT2D eigenvalue weighted by Crippen LogP contribution is -2.38. The third kappa shape index (κ3) is 5.26. The number of carbonyl (C=O) groups is 1. The Morgan fingerprint density at radius 3 is 2.33 bits per heavy atom. The molecule has 134 valence electrons. The molecule has 3 nitrogen and oxygen atoms in total. The van der Waals surface area contributed by atoms with Gasteiger partial charge in [-0.25, -0.2) is 8.78 Å². The number of nitrogens with zero attached hydrogens (tertiary/aromatic N) is 1. The molecule has 0 aliphatic heterocycles. The summed E-state index contributed by atoms with van der Waals surface area (Å²) >= 11 is 0. The van der Waals surface area contributed by atoms with Gasteiger partial charge in [-0.05, 0) is 44.4 Å². The maximum atomic E-state index is 14.0. The minimum absolute atomic E-state index is 0.000816. The standard InChI is InChI=1S/C19H28F2N2O/c20-17-10-7-11-18(21)16(17)14-23(15-8-4-5-9-15)19(24)12-3-1-2-6-13-22/h7,10-11,15H,1-6,8-9,12-14,22H2. The van der Waals surface area contributed by atoms with Gasteiger partial charge >= 0.3 is 0 Å². The Balaban J connectivity index is 2.00. The second kappa shape index (κ2) is 9.72. The lowest BCUT2D eigenvalue weighted by Gasteiger charge is -2.29. The Labute approximate surface area is 143 Å². The number of unbranched alkanes of at least 4 members (excludes halogenated alkanes) is 3. The number of hydrogen-bond donors (Lipinski definition) is 1. The fourth-order valence-electron chi connectivity index (χ4n) is 3.41. The monoisotopic (exact) mass is 338 g/mol. The lowest BCUT2D eigenvalue weighted by molar-refractivity contribution is -0.134. The zero-order valence-corrected chi connectivity index (χ0v) is 14.3. The molecule has 1 fully saturated rings. The Kier molecular flexibility index (Phi) is 7.63. The Morgan fingerprint density at radius 2 is 1.71 bits per heavy atom. The molecule has 1 amide bonds. The molecule has 5 heteroatoms. The number of carbonyl (C=O) groups excluding carboxylic acids is 1. The number of halogens is 2. The molecule has 1 saturated carbocycles. The van der Waals surface area contributed by atoms with Crippen LogP contribution in [0.2, 0.25) is 0 Å². The average molecular weight is 338 g/mol. The van der Waals surface area contributed by atoms with Gasteiger partial charge in [-0.3, -0.25) is 4.79 Å². The van der Waals surface area contributed by atoms with Crippen molar-refractivity contribution in [1.82, 2.24) is 4.90 Å². The minimum Gasteiger partial charge on any atom is -0.335 e. The van der Waals surface area contributed by atoms with E-state index in [1.807, 2.05) is 0 Å². The van der Waals surface area contributed by atoms with E-state index in [0.717, 1.165) is 51.4 Å². The molecule has 2 rings (SSSR count). The Hall–Kier alpha value is -1.49. The van der Waals surface area contributed by atoms with Crippen molar-refractivity contribution in [3.05, 3.63) is 35.4 Å². The molecule has 2 N–H and O–H groups in total. The van der Waals surface area contributed by atoms with Crippen LogP contribution in [0.4, 0.5) is 8.78 Å². The fraction of sp³-hybridized carbons (Fsp3) is 0.632. The van der Waals surface area contributed by atoms with E-state index in [2.05, 4.69) is 0 Å². The molecule has 0 aromatic heterocycles. The largest absolute Gasteiger partial charge is 0.335 e. The van der Waals surface area contributed by atoms with Crippen molar-refractivity contribution in [2.45, 2.75) is 70.4 Å². The summed E-state index contributed by atoms with van der Waals surface area (Å²) in [6, 6.07) is 3.97. The van der Waals surface area contributed by atoms with Gasteiger partial charge in [-0.15, -0.1) is 0 Å². The van der Waals surface area contributed by atoms with Crippen molar-refractivity contribution >= 4 is 5.91 Å². The van der Waals surface area contributed by atoms with Crippen molar-refractivity contribution in [3.63, 3.8) is 0 Å². The van der Waals surface area contributed by atoms with Gasteiger partial charge in [0.2, 0.25) is 5.91 Å². The van der Waals surface area contributed by atoms with Gasteiger partial charge < -0.3 is 10.6 Å². The lowest BCUT2D eigenvalue weighted by atomic mass is 10.1. The number of amides is 1. The summed E-state index contributed by atoms with van der Waals surface area (Å²) in [6.07, 6.45) is 8.21. The van der Waals surface area contributed by atoms with E-state index in [1.54, 1.807) is 4.90 Å². The van der Waals surface area contributed by atoms with Crippen LogP contribution in [-0.2, 0) is 11.3 Å². The van der Waals surface area contributed by atoms with Crippen molar-refractivity contribution in [2.75, 3.05) is 6.54 Å². The van der Waals surface area contributed by atoms with E-state index in [9.17, 15) is 13.6 Å². The topological polar surface area (TPSA) is 46.3 Å². The molecule has 0 bridgehead atoms. The molecule has 0 radical (unpaired) electrons. The molecule has 1 aliphatic rings. The SMILES string of the molecule is NCCCCCCC(=O)N(Cc1c(F)cccc1F)C1CCCC1. The van der Waals surface area contributed by atoms with Crippen LogP contribution in [0.3, 0.4) is 0 Å². The van der Waals surface area contributed by atoms with Crippen molar-refractivity contribution in [3.8, 4) is 0 Å². The van der Waals surface area contributed by atoms with Crippen LogP contribution < -0.4 is 5.73 Å². The highest BCUT2D eigenvalue weighted by atomic mass is 19.1. The average Bonchev–Trinajstić information content (AvgIpc) is 3.08. The highest BCUT2D eigenvalue weighted by Gasteiger charge is 2.28. The summed E-state index contributed by atoms with van der Waals surface area (Å²) in [4.78, 5) is 14.4. The first-order valence-corrected chi connectivity index (χ1v) is 9.06. The maximum absolute atomic E-state index is 14.0. The van der Waals surface area contributed by atoms with Gasteiger partial charge in [0.05, 0.1) is 6.54 Å².